The smallest absolute Gasteiger partial charge is 0.279 e. The predicted octanol–water partition coefficient (Wildman–Crippen LogP) is 1.02. The number of halogens is 1. The van der Waals surface area contributed by atoms with Crippen LogP contribution in [0.2, 0.25) is 0 Å². The van der Waals surface area contributed by atoms with Gasteiger partial charge in [0.25, 0.3) is 5.56 Å². The molecule has 0 bridgehead atoms. The number of rotatable bonds is 0. The minimum atomic E-state index is -0.397. The van der Waals surface area contributed by atoms with Crippen molar-refractivity contribution in [1.29, 1.82) is 0 Å². The highest BCUT2D eigenvalue weighted by atomic mass is 19.1. The number of hydrogen-bond acceptors (Lipinski definition) is 3. The fourth-order valence-electron chi connectivity index (χ4n) is 1.68. The maximum absolute atomic E-state index is 13.1. The Kier molecular flexibility index (Phi) is 1.62. The van der Waals surface area contributed by atoms with Crippen molar-refractivity contribution in [2.45, 2.75) is 6.92 Å². The third kappa shape index (κ3) is 1.13. The van der Waals surface area contributed by atoms with E-state index in [-0.39, 0.29) is 11.1 Å². The molecular formula is C10H7FN4O. The quantitative estimate of drug-likeness (QED) is 0.612. The Labute approximate surface area is 88.6 Å². The Morgan fingerprint density at radius 2 is 2.19 bits per heavy atom. The molecule has 6 heteroatoms. The van der Waals surface area contributed by atoms with Crippen LogP contribution in [0, 0.1) is 12.7 Å². The van der Waals surface area contributed by atoms with Crippen molar-refractivity contribution in [3.05, 3.63) is 40.3 Å². The summed E-state index contributed by atoms with van der Waals surface area (Å²) in [5.41, 5.74) is 0.776. The lowest BCUT2D eigenvalue weighted by molar-refractivity contribution is 0.620. The monoisotopic (exact) mass is 218 g/mol. The van der Waals surface area contributed by atoms with Crippen LogP contribution in [-0.4, -0.2) is 19.4 Å². The van der Waals surface area contributed by atoms with Crippen LogP contribution >= 0.6 is 0 Å². The van der Waals surface area contributed by atoms with Crippen LogP contribution in [0.5, 0.6) is 0 Å². The second kappa shape index (κ2) is 2.88. The topological polar surface area (TPSA) is 63.1 Å². The third-order valence-corrected chi connectivity index (χ3v) is 2.34. The third-order valence-electron chi connectivity index (χ3n) is 2.34. The number of aromatic amines is 1. The summed E-state index contributed by atoms with van der Waals surface area (Å²) in [7, 11) is 0. The van der Waals surface area contributed by atoms with Gasteiger partial charge in [-0.05, 0) is 19.1 Å². The van der Waals surface area contributed by atoms with Crippen LogP contribution in [0.1, 0.15) is 5.82 Å². The van der Waals surface area contributed by atoms with E-state index in [4.69, 9.17) is 0 Å². The van der Waals surface area contributed by atoms with Gasteiger partial charge in [-0.15, -0.1) is 0 Å². The van der Waals surface area contributed by atoms with Gasteiger partial charge in [0.2, 0.25) is 0 Å². The van der Waals surface area contributed by atoms with Crippen LogP contribution in [0.15, 0.2) is 23.1 Å². The Morgan fingerprint density at radius 1 is 1.38 bits per heavy atom. The molecule has 3 rings (SSSR count). The van der Waals surface area contributed by atoms with Crippen molar-refractivity contribution in [3.8, 4) is 0 Å². The first-order valence-corrected chi connectivity index (χ1v) is 4.69. The van der Waals surface area contributed by atoms with E-state index in [0.717, 1.165) is 0 Å². The molecule has 0 fully saturated rings. The number of nitrogens with zero attached hydrogens (tertiary/aromatic N) is 3. The molecule has 0 aliphatic rings. The van der Waals surface area contributed by atoms with E-state index >= 15 is 0 Å². The average molecular weight is 218 g/mol. The van der Waals surface area contributed by atoms with Gasteiger partial charge < -0.3 is 4.98 Å². The lowest BCUT2D eigenvalue weighted by Crippen LogP contribution is -2.09. The molecule has 80 valence electrons. The number of imidazole rings is 1. The fraction of sp³-hybridized carbons (Fsp3) is 0.100. The fourth-order valence-corrected chi connectivity index (χ4v) is 1.68. The molecule has 3 aromatic heterocycles. The van der Waals surface area contributed by atoms with Gasteiger partial charge in [0.1, 0.15) is 17.3 Å². The summed E-state index contributed by atoms with van der Waals surface area (Å²) in [6.45, 7) is 1.67. The molecule has 0 aliphatic heterocycles. The average Bonchev–Trinajstić information content (AvgIpc) is 2.57. The number of aryl methyl sites for hydroxylation is 1. The Hall–Kier alpha value is -2.24. The van der Waals surface area contributed by atoms with E-state index < -0.39 is 5.82 Å². The second-order valence-electron chi connectivity index (χ2n) is 3.51. The summed E-state index contributed by atoms with van der Waals surface area (Å²) in [4.78, 5) is 22.4. The van der Waals surface area contributed by atoms with Gasteiger partial charge in [-0.1, -0.05) is 0 Å². The minimum Gasteiger partial charge on any atom is -0.309 e. The first-order valence-electron chi connectivity index (χ1n) is 4.69. The Bertz CT molecular complexity index is 758. The Morgan fingerprint density at radius 3 is 3.00 bits per heavy atom. The first kappa shape index (κ1) is 9.02. The van der Waals surface area contributed by atoms with E-state index in [9.17, 15) is 9.18 Å². The van der Waals surface area contributed by atoms with Gasteiger partial charge in [0.05, 0.1) is 0 Å². The molecule has 0 aromatic carbocycles. The number of fused-ring (bicyclic) bond motifs is 3. The van der Waals surface area contributed by atoms with Crippen LogP contribution in [0.3, 0.4) is 0 Å². The molecule has 0 unspecified atom stereocenters. The highest BCUT2D eigenvalue weighted by molar-refractivity contribution is 5.75. The zero-order valence-corrected chi connectivity index (χ0v) is 8.36. The van der Waals surface area contributed by atoms with Crippen molar-refractivity contribution in [2.75, 3.05) is 0 Å². The SMILES string of the molecule is Cc1nc2c(nc3ccc(F)cn32)c(=O)[nH]1. The zero-order valence-electron chi connectivity index (χ0n) is 8.36. The standard InChI is InChI=1S/C10H7FN4O/c1-5-12-9-8(10(16)13-5)14-7-3-2-6(11)4-15(7)9/h2-4H,1H3,(H,12,13,16). The maximum atomic E-state index is 13.1. The molecule has 0 saturated carbocycles. The van der Waals surface area contributed by atoms with E-state index in [1.165, 1.54) is 22.7 Å². The van der Waals surface area contributed by atoms with Crippen molar-refractivity contribution < 1.29 is 4.39 Å². The molecule has 0 aliphatic carbocycles. The highest BCUT2D eigenvalue weighted by Gasteiger charge is 2.10. The second-order valence-corrected chi connectivity index (χ2v) is 3.51. The summed E-state index contributed by atoms with van der Waals surface area (Å²) in [6, 6.07) is 2.80. The molecule has 0 amide bonds. The Balaban J connectivity index is 2.62. The lowest BCUT2D eigenvalue weighted by atomic mass is 10.4. The van der Waals surface area contributed by atoms with Crippen molar-refractivity contribution in [1.82, 2.24) is 19.4 Å². The van der Waals surface area contributed by atoms with E-state index in [1.54, 1.807) is 6.92 Å². The maximum Gasteiger partial charge on any atom is 0.279 e. The summed E-state index contributed by atoms with van der Waals surface area (Å²) in [5.74, 6) is 0.0788. The van der Waals surface area contributed by atoms with Crippen molar-refractivity contribution in [2.24, 2.45) is 0 Å². The molecular weight excluding hydrogens is 211 g/mol. The lowest BCUT2D eigenvalue weighted by Gasteiger charge is -1.95. The van der Waals surface area contributed by atoms with Crippen molar-refractivity contribution >= 4 is 16.8 Å². The van der Waals surface area contributed by atoms with E-state index in [0.29, 0.717) is 17.1 Å². The predicted molar refractivity (Wildman–Crippen MR) is 55.8 cm³/mol. The summed E-state index contributed by atoms with van der Waals surface area (Å²) < 4.78 is 14.5. The van der Waals surface area contributed by atoms with Gasteiger partial charge in [-0.2, -0.15) is 0 Å². The normalized spacial score (nSPS) is 11.4. The molecule has 5 nitrogen and oxygen atoms in total. The largest absolute Gasteiger partial charge is 0.309 e. The number of pyridine rings is 1. The number of aromatic nitrogens is 4. The van der Waals surface area contributed by atoms with Crippen LogP contribution < -0.4 is 5.56 Å². The summed E-state index contributed by atoms with van der Waals surface area (Å²) in [6.07, 6.45) is 1.26. The summed E-state index contributed by atoms with van der Waals surface area (Å²) in [5, 5.41) is 0. The van der Waals surface area contributed by atoms with Gasteiger partial charge in [0.15, 0.2) is 11.2 Å². The summed E-state index contributed by atoms with van der Waals surface area (Å²) >= 11 is 0. The van der Waals surface area contributed by atoms with Gasteiger partial charge in [0, 0.05) is 6.20 Å². The van der Waals surface area contributed by atoms with Gasteiger partial charge in [-0.3, -0.25) is 9.20 Å². The number of nitrogens with one attached hydrogen (secondary N) is 1. The molecule has 3 aromatic rings. The van der Waals surface area contributed by atoms with E-state index in [1.807, 2.05) is 0 Å². The molecule has 16 heavy (non-hydrogen) atoms. The molecule has 0 saturated heterocycles. The number of H-pyrrole nitrogens is 1. The minimum absolute atomic E-state index is 0.219. The molecule has 0 radical (unpaired) electrons. The molecule has 3 heterocycles. The molecule has 0 spiro atoms. The number of hydrogen-bond donors (Lipinski definition) is 1. The van der Waals surface area contributed by atoms with Gasteiger partial charge in [-0.25, -0.2) is 14.4 Å². The van der Waals surface area contributed by atoms with Crippen LogP contribution in [0.25, 0.3) is 16.8 Å². The molecule has 1 N–H and O–H groups in total. The van der Waals surface area contributed by atoms with Crippen molar-refractivity contribution in [3.63, 3.8) is 0 Å². The van der Waals surface area contributed by atoms with Gasteiger partial charge >= 0.3 is 0 Å². The van der Waals surface area contributed by atoms with Crippen LogP contribution in [0.4, 0.5) is 4.39 Å². The first-order chi connectivity index (χ1) is 7.65. The molecule has 0 atom stereocenters. The highest BCUT2D eigenvalue weighted by Crippen LogP contribution is 2.11. The van der Waals surface area contributed by atoms with E-state index in [2.05, 4.69) is 15.0 Å². The van der Waals surface area contributed by atoms with Crippen LogP contribution in [-0.2, 0) is 0 Å². The zero-order chi connectivity index (χ0) is 11.3.